The Labute approximate surface area is 193 Å². The Morgan fingerprint density at radius 3 is 2.69 bits per heavy atom. The molecule has 0 saturated carbocycles. The Morgan fingerprint density at radius 2 is 2.00 bits per heavy atom. The number of nitro benzene ring substituents is 1. The number of benzene rings is 2. The fourth-order valence-corrected chi connectivity index (χ4v) is 4.11. The van der Waals surface area contributed by atoms with E-state index in [4.69, 9.17) is 21.1 Å². The first-order chi connectivity index (χ1) is 15.3. The van der Waals surface area contributed by atoms with Gasteiger partial charge in [-0.05, 0) is 42.5 Å². The lowest BCUT2D eigenvalue weighted by atomic mass is 10.1. The minimum absolute atomic E-state index is 0.154. The minimum atomic E-state index is -0.544. The Bertz CT molecular complexity index is 1120. The average Bonchev–Trinajstić information content (AvgIpc) is 3.01. The maximum atomic E-state index is 12.9. The number of nitrogens with zero attached hydrogens (tertiary/aromatic N) is 2. The monoisotopic (exact) mass is 474 g/mol. The fraction of sp³-hybridized carbons (Fsp3) is 0.182. The second kappa shape index (κ2) is 10.3. The smallest absolute Gasteiger partial charge is 0.293 e. The summed E-state index contributed by atoms with van der Waals surface area (Å²) in [6.45, 7) is 5.83. The SMILES string of the molecule is C=CCOc1c(Cl)cc(/C=C2\SC(=O)N(Cc3ccccc3[N+](=O)[O-])C2=O)cc1OCC. The quantitative estimate of drug-likeness (QED) is 0.206. The van der Waals surface area contributed by atoms with Crippen LogP contribution in [-0.2, 0) is 11.3 Å². The highest BCUT2D eigenvalue weighted by molar-refractivity contribution is 8.18. The van der Waals surface area contributed by atoms with Gasteiger partial charge in [-0.25, -0.2) is 0 Å². The summed E-state index contributed by atoms with van der Waals surface area (Å²) in [5.41, 5.74) is 0.658. The third-order valence-electron chi connectivity index (χ3n) is 4.37. The Balaban J connectivity index is 1.89. The maximum Gasteiger partial charge on any atom is 0.293 e. The molecule has 166 valence electrons. The van der Waals surface area contributed by atoms with E-state index in [1.54, 1.807) is 24.3 Å². The molecule has 8 nitrogen and oxygen atoms in total. The highest BCUT2D eigenvalue weighted by Crippen LogP contribution is 2.39. The van der Waals surface area contributed by atoms with Crippen molar-refractivity contribution in [3.05, 3.63) is 80.2 Å². The molecule has 0 unspecified atom stereocenters. The first kappa shape index (κ1) is 23.4. The van der Waals surface area contributed by atoms with Crippen molar-refractivity contribution in [2.24, 2.45) is 0 Å². The van der Waals surface area contributed by atoms with Gasteiger partial charge in [0.2, 0.25) is 0 Å². The molecule has 32 heavy (non-hydrogen) atoms. The predicted octanol–water partition coefficient (Wildman–Crippen LogP) is 5.45. The number of thioether (sulfide) groups is 1. The molecule has 0 radical (unpaired) electrons. The Hall–Kier alpha value is -3.30. The summed E-state index contributed by atoms with van der Waals surface area (Å²) in [5, 5.41) is 11.0. The molecule has 2 aromatic carbocycles. The van der Waals surface area contributed by atoms with Gasteiger partial charge in [-0.15, -0.1) is 0 Å². The zero-order valence-corrected chi connectivity index (χ0v) is 18.6. The molecular formula is C22H19ClN2O6S. The van der Waals surface area contributed by atoms with Crippen LogP contribution in [0.3, 0.4) is 0 Å². The molecule has 0 N–H and O–H groups in total. The molecule has 3 rings (SSSR count). The van der Waals surface area contributed by atoms with Crippen LogP contribution in [0.1, 0.15) is 18.1 Å². The van der Waals surface area contributed by atoms with Gasteiger partial charge in [0.15, 0.2) is 11.5 Å². The Morgan fingerprint density at radius 1 is 1.25 bits per heavy atom. The molecule has 1 aliphatic rings. The van der Waals surface area contributed by atoms with Gasteiger partial charge in [-0.2, -0.15) is 0 Å². The van der Waals surface area contributed by atoms with Crippen LogP contribution in [0.15, 0.2) is 54.0 Å². The van der Waals surface area contributed by atoms with Crippen molar-refractivity contribution in [2.75, 3.05) is 13.2 Å². The van der Waals surface area contributed by atoms with Crippen LogP contribution < -0.4 is 9.47 Å². The van der Waals surface area contributed by atoms with Crippen LogP contribution in [0.4, 0.5) is 10.5 Å². The lowest BCUT2D eigenvalue weighted by molar-refractivity contribution is -0.385. The summed E-state index contributed by atoms with van der Waals surface area (Å²) < 4.78 is 11.2. The van der Waals surface area contributed by atoms with Gasteiger partial charge in [0, 0.05) is 11.6 Å². The Kier molecular flexibility index (Phi) is 7.55. The normalized spacial score (nSPS) is 14.7. The number of nitro groups is 1. The molecule has 1 aliphatic heterocycles. The summed E-state index contributed by atoms with van der Waals surface area (Å²) in [6, 6.07) is 9.24. The van der Waals surface area contributed by atoms with Gasteiger partial charge in [-0.1, -0.05) is 42.5 Å². The van der Waals surface area contributed by atoms with Gasteiger partial charge in [0.25, 0.3) is 16.8 Å². The van der Waals surface area contributed by atoms with Crippen LogP contribution in [0.2, 0.25) is 5.02 Å². The highest BCUT2D eigenvalue weighted by atomic mass is 35.5. The number of rotatable bonds is 9. The number of carbonyl (C=O) groups excluding carboxylic acids is 2. The van der Waals surface area contributed by atoms with E-state index in [9.17, 15) is 19.7 Å². The average molecular weight is 475 g/mol. The third kappa shape index (κ3) is 5.12. The standard InChI is InChI=1S/C22H19ClN2O6S/c1-3-9-31-20-16(23)10-14(11-18(20)30-4-2)12-19-21(26)24(22(27)32-19)13-15-7-5-6-8-17(15)25(28)29/h3,5-8,10-12H,1,4,9,13H2,2H3/b19-12-. The van der Waals surface area contributed by atoms with Crippen LogP contribution >= 0.6 is 23.4 Å². The number of hydrogen-bond donors (Lipinski definition) is 0. The van der Waals surface area contributed by atoms with Crippen LogP contribution in [-0.4, -0.2) is 34.2 Å². The lowest BCUT2D eigenvalue weighted by Gasteiger charge is -2.14. The number of para-hydroxylation sites is 1. The van der Waals surface area contributed by atoms with E-state index < -0.39 is 16.1 Å². The summed E-state index contributed by atoms with van der Waals surface area (Å²) in [4.78, 5) is 37.2. The van der Waals surface area contributed by atoms with E-state index in [2.05, 4.69) is 6.58 Å². The van der Waals surface area contributed by atoms with Gasteiger partial charge >= 0.3 is 0 Å². The van der Waals surface area contributed by atoms with Crippen LogP contribution in [0, 0.1) is 10.1 Å². The minimum Gasteiger partial charge on any atom is -0.490 e. The number of hydrogen-bond acceptors (Lipinski definition) is 7. The van der Waals surface area contributed by atoms with E-state index >= 15 is 0 Å². The van der Waals surface area contributed by atoms with Gasteiger partial charge in [-0.3, -0.25) is 24.6 Å². The molecule has 0 aliphatic carbocycles. The predicted molar refractivity (Wildman–Crippen MR) is 123 cm³/mol. The number of amides is 2. The van der Waals surface area contributed by atoms with Crippen molar-refractivity contribution in [1.29, 1.82) is 0 Å². The molecular weight excluding hydrogens is 456 g/mol. The topological polar surface area (TPSA) is 99.0 Å². The van der Waals surface area contributed by atoms with E-state index in [-0.39, 0.29) is 34.3 Å². The number of ether oxygens (including phenoxy) is 2. The van der Waals surface area contributed by atoms with Gasteiger partial charge in [0.1, 0.15) is 6.61 Å². The zero-order valence-electron chi connectivity index (χ0n) is 17.1. The highest BCUT2D eigenvalue weighted by Gasteiger charge is 2.36. The van der Waals surface area contributed by atoms with Gasteiger partial charge in [0.05, 0.1) is 28.0 Å². The molecule has 1 saturated heterocycles. The van der Waals surface area contributed by atoms with Crippen LogP contribution in [0.25, 0.3) is 6.08 Å². The largest absolute Gasteiger partial charge is 0.490 e. The van der Waals surface area contributed by atoms with E-state index in [1.165, 1.54) is 24.3 Å². The van der Waals surface area contributed by atoms with E-state index in [0.717, 1.165) is 16.7 Å². The summed E-state index contributed by atoms with van der Waals surface area (Å²) in [7, 11) is 0. The first-order valence-electron chi connectivity index (χ1n) is 9.53. The van der Waals surface area contributed by atoms with Gasteiger partial charge < -0.3 is 9.47 Å². The lowest BCUT2D eigenvalue weighted by Crippen LogP contribution is -2.27. The van der Waals surface area contributed by atoms with Crippen molar-refractivity contribution < 1.29 is 24.0 Å². The molecule has 1 fully saturated rings. The molecule has 2 amide bonds. The van der Waals surface area contributed by atoms with E-state index in [1.807, 2.05) is 6.92 Å². The van der Waals surface area contributed by atoms with E-state index in [0.29, 0.717) is 23.7 Å². The van der Waals surface area contributed by atoms with Crippen molar-refractivity contribution in [1.82, 2.24) is 4.90 Å². The second-order valence-electron chi connectivity index (χ2n) is 6.52. The number of carbonyl (C=O) groups is 2. The molecule has 1 heterocycles. The summed E-state index contributed by atoms with van der Waals surface area (Å²) >= 11 is 7.09. The molecule has 0 aromatic heterocycles. The summed E-state index contributed by atoms with van der Waals surface area (Å²) in [5.74, 6) is 0.210. The molecule has 0 atom stereocenters. The third-order valence-corrected chi connectivity index (χ3v) is 5.55. The number of imide groups is 1. The number of halogens is 1. The van der Waals surface area contributed by atoms with Crippen molar-refractivity contribution in [2.45, 2.75) is 13.5 Å². The molecule has 0 bridgehead atoms. The van der Waals surface area contributed by atoms with Crippen molar-refractivity contribution in [3.8, 4) is 11.5 Å². The summed E-state index contributed by atoms with van der Waals surface area (Å²) in [6.07, 6.45) is 3.10. The molecule has 10 heteroatoms. The fourth-order valence-electron chi connectivity index (χ4n) is 3.00. The first-order valence-corrected chi connectivity index (χ1v) is 10.7. The second-order valence-corrected chi connectivity index (χ2v) is 7.92. The van der Waals surface area contributed by atoms with Crippen molar-refractivity contribution >= 4 is 46.3 Å². The molecule has 2 aromatic rings. The van der Waals surface area contributed by atoms with Crippen molar-refractivity contribution in [3.63, 3.8) is 0 Å². The maximum absolute atomic E-state index is 12.9. The van der Waals surface area contributed by atoms with Crippen LogP contribution in [0.5, 0.6) is 11.5 Å². The molecule has 0 spiro atoms. The zero-order chi connectivity index (χ0) is 23.3.